The van der Waals surface area contributed by atoms with Crippen LogP contribution < -0.4 is 5.43 Å². The molecule has 0 atom stereocenters. The number of nitrogens with one attached hydrogen (secondary N) is 1. The van der Waals surface area contributed by atoms with Gasteiger partial charge in [-0.15, -0.1) is 11.3 Å². The van der Waals surface area contributed by atoms with E-state index < -0.39 is 11.7 Å². The first-order valence-corrected chi connectivity index (χ1v) is 9.58. The van der Waals surface area contributed by atoms with Crippen LogP contribution in [0.2, 0.25) is 0 Å². The number of thiazole rings is 1. The fraction of sp³-hybridized carbons (Fsp3) is 0.167. The smallest absolute Gasteiger partial charge is 0.271 e. The molecule has 2 heterocycles. The highest BCUT2D eigenvalue weighted by molar-refractivity contribution is 8.00. The lowest BCUT2D eigenvalue weighted by atomic mass is 10.2. The summed E-state index contributed by atoms with van der Waals surface area (Å²) in [6, 6.07) is 8.90. The van der Waals surface area contributed by atoms with Crippen molar-refractivity contribution in [2.45, 2.75) is 29.7 Å². The molecule has 26 heavy (non-hydrogen) atoms. The molecular formula is C18H18FN3O2S2. The number of aromatic nitrogens is 1. The van der Waals surface area contributed by atoms with Gasteiger partial charge in [0.15, 0.2) is 9.43 Å². The molecule has 1 N–H and O–H groups in total. The largest absolute Gasteiger partial charge is 0.448 e. The fourth-order valence-corrected chi connectivity index (χ4v) is 3.18. The van der Waals surface area contributed by atoms with Crippen LogP contribution in [0.5, 0.6) is 0 Å². The first kappa shape index (κ1) is 19.9. The molecule has 0 aliphatic rings. The summed E-state index contributed by atoms with van der Waals surface area (Å²) in [7, 11) is 0. The summed E-state index contributed by atoms with van der Waals surface area (Å²) in [6.45, 7) is 4.25. The minimum absolute atomic E-state index is 0.196. The monoisotopic (exact) mass is 391 g/mol. The van der Waals surface area contributed by atoms with Gasteiger partial charge in [-0.25, -0.2) is 14.8 Å². The quantitative estimate of drug-likeness (QED) is 0.479. The molecule has 5 nitrogen and oxygen atoms in total. The lowest BCUT2D eigenvalue weighted by molar-refractivity contribution is 0.0954. The minimum atomic E-state index is -0.496. The average molecular weight is 391 g/mol. The van der Waals surface area contributed by atoms with E-state index in [1.165, 1.54) is 53.9 Å². The van der Waals surface area contributed by atoms with Crippen molar-refractivity contribution in [3.8, 4) is 0 Å². The van der Waals surface area contributed by atoms with Gasteiger partial charge in [-0.3, -0.25) is 4.79 Å². The summed E-state index contributed by atoms with van der Waals surface area (Å²) in [5, 5.41) is 6.36. The molecule has 0 saturated heterocycles. The lowest BCUT2D eigenvalue weighted by Gasteiger charge is -1.98. The van der Waals surface area contributed by atoms with Crippen LogP contribution in [0.3, 0.4) is 0 Å². The molecule has 0 fully saturated rings. The molecule has 0 aliphatic heterocycles. The highest BCUT2D eigenvalue weighted by atomic mass is 32.2. The number of halogens is 1. The molecule has 0 unspecified atom stereocenters. The van der Waals surface area contributed by atoms with E-state index in [1.807, 2.05) is 5.38 Å². The molecule has 3 rings (SSSR count). The molecule has 0 spiro atoms. The minimum Gasteiger partial charge on any atom is -0.448 e. The van der Waals surface area contributed by atoms with Crippen molar-refractivity contribution in [1.29, 1.82) is 0 Å². The van der Waals surface area contributed by atoms with E-state index in [9.17, 15) is 9.18 Å². The van der Waals surface area contributed by atoms with Crippen LogP contribution in [0, 0.1) is 5.82 Å². The Balaban J connectivity index is 0.000000758. The lowest BCUT2D eigenvalue weighted by Crippen LogP contribution is -2.17. The van der Waals surface area contributed by atoms with Crippen molar-refractivity contribution in [3.05, 3.63) is 65.1 Å². The van der Waals surface area contributed by atoms with Crippen LogP contribution in [-0.2, 0) is 0 Å². The Morgan fingerprint density at radius 3 is 2.88 bits per heavy atom. The molecule has 0 saturated carbocycles. The van der Waals surface area contributed by atoms with Crippen molar-refractivity contribution >= 4 is 35.2 Å². The van der Waals surface area contributed by atoms with Gasteiger partial charge in [0.25, 0.3) is 5.91 Å². The summed E-state index contributed by atoms with van der Waals surface area (Å²) in [5.41, 5.74) is 2.51. The number of hydrogen-bond donors (Lipinski definition) is 1. The van der Waals surface area contributed by atoms with Crippen LogP contribution in [-0.4, -0.2) is 17.1 Å². The maximum Gasteiger partial charge on any atom is 0.271 e. The Kier molecular flexibility index (Phi) is 8.04. The second kappa shape index (κ2) is 10.5. The van der Waals surface area contributed by atoms with Crippen LogP contribution >= 0.6 is 23.1 Å². The predicted molar refractivity (Wildman–Crippen MR) is 102 cm³/mol. The zero-order valence-electron chi connectivity index (χ0n) is 14.3. The number of benzene rings is 1. The Bertz CT molecular complexity index is 848. The Labute approximate surface area is 159 Å². The maximum atomic E-state index is 13.0. The molecule has 1 amide bonds. The van der Waals surface area contributed by atoms with Crippen LogP contribution in [0.15, 0.2) is 66.9 Å². The molecular weight excluding hydrogens is 373 g/mol. The SMILES string of the molecule is CCC.O=C(N/N=C/c1ccc(Sc2nccs2)o1)c1cccc(F)c1. The van der Waals surface area contributed by atoms with Crippen molar-refractivity contribution in [3.63, 3.8) is 0 Å². The molecule has 136 valence electrons. The van der Waals surface area contributed by atoms with Crippen molar-refractivity contribution in [1.82, 2.24) is 10.4 Å². The highest BCUT2D eigenvalue weighted by Gasteiger charge is 2.06. The Hall–Kier alpha value is -2.45. The number of amides is 1. The van der Waals surface area contributed by atoms with E-state index in [0.717, 1.165) is 10.4 Å². The first-order valence-electron chi connectivity index (χ1n) is 7.88. The number of hydrazone groups is 1. The van der Waals surface area contributed by atoms with Crippen LogP contribution in [0.4, 0.5) is 4.39 Å². The second-order valence-electron chi connectivity index (χ2n) is 4.97. The van der Waals surface area contributed by atoms with E-state index in [4.69, 9.17) is 4.42 Å². The van der Waals surface area contributed by atoms with Gasteiger partial charge in [0.05, 0.1) is 6.21 Å². The summed E-state index contributed by atoms with van der Waals surface area (Å²) in [4.78, 5) is 15.9. The number of rotatable bonds is 5. The Morgan fingerprint density at radius 2 is 2.19 bits per heavy atom. The average Bonchev–Trinajstić information content (AvgIpc) is 3.28. The molecule has 1 aromatic carbocycles. The van der Waals surface area contributed by atoms with Gasteiger partial charge in [0.1, 0.15) is 11.6 Å². The zero-order chi connectivity index (χ0) is 18.8. The standard InChI is InChI=1S/C15H10FN3O2S2.C3H8/c16-11-3-1-2-10(8-11)14(20)19-18-9-12-4-5-13(21-12)23-15-17-6-7-22-15;1-3-2/h1-9H,(H,19,20);3H2,1-2H3/b18-9+;. The van der Waals surface area contributed by atoms with Crippen LogP contribution in [0.25, 0.3) is 0 Å². The first-order chi connectivity index (χ1) is 12.6. The van der Waals surface area contributed by atoms with Gasteiger partial charge in [0.2, 0.25) is 0 Å². The van der Waals surface area contributed by atoms with Gasteiger partial charge in [-0.05, 0) is 42.1 Å². The third-order valence-electron chi connectivity index (χ3n) is 2.64. The fourth-order valence-electron chi connectivity index (χ4n) is 1.65. The predicted octanol–water partition coefficient (Wildman–Crippen LogP) is 5.21. The number of carbonyl (C=O) groups excluding carboxylic acids is 1. The molecule has 0 aliphatic carbocycles. The number of furan rings is 1. The van der Waals surface area contributed by atoms with E-state index in [0.29, 0.717) is 10.9 Å². The summed E-state index contributed by atoms with van der Waals surface area (Å²) in [6.07, 6.45) is 4.35. The summed E-state index contributed by atoms with van der Waals surface area (Å²) < 4.78 is 19.4. The van der Waals surface area contributed by atoms with Gasteiger partial charge in [-0.2, -0.15) is 5.10 Å². The Morgan fingerprint density at radius 1 is 1.38 bits per heavy atom. The maximum absolute atomic E-state index is 13.0. The molecule has 2 aromatic heterocycles. The number of hydrogen-bond acceptors (Lipinski definition) is 6. The van der Waals surface area contributed by atoms with Gasteiger partial charge in [0, 0.05) is 17.1 Å². The zero-order valence-corrected chi connectivity index (χ0v) is 15.9. The van der Waals surface area contributed by atoms with Gasteiger partial charge in [-0.1, -0.05) is 26.3 Å². The normalized spacial score (nSPS) is 10.4. The third-order valence-corrected chi connectivity index (χ3v) is 4.45. The topological polar surface area (TPSA) is 67.5 Å². The van der Waals surface area contributed by atoms with E-state index in [2.05, 4.69) is 29.4 Å². The van der Waals surface area contributed by atoms with Crippen molar-refractivity contribution in [2.75, 3.05) is 0 Å². The van der Waals surface area contributed by atoms with Crippen LogP contribution in [0.1, 0.15) is 36.4 Å². The van der Waals surface area contributed by atoms with E-state index in [1.54, 1.807) is 18.3 Å². The summed E-state index contributed by atoms with van der Waals surface area (Å²) in [5.74, 6) is -0.482. The van der Waals surface area contributed by atoms with E-state index >= 15 is 0 Å². The third kappa shape index (κ3) is 6.45. The van der Waals surface area contributed by atoms with Crippen molar-refractivity contribution < 1.29 is 13.6 Å². The van der Waals surface area contributed by atoms with E-state index in [-0.39, 0.29) is 5.56 Å². The highest BCUT2D eigenvalue weighted by Crippen LogP contribution is 2.30. The van der Waals surface area contributed by atoms with Gasteiger partial charge < -0.3 is 4.42 Å². The molecule has 0 bridgehead atoms. The molecule has 3 aromatic rings. The van der Waals surface area contributed by atoms with Crippen molar-refractivity contribution in [2.24, 2.45) is 5.10 Å². The number of carbonyl (C=O) groups is 1. The molecule has 8 heteroatoms. The number of nitrogens with zero attached hydrogens (tertiary/aromatic N) is 2. The van der Waals surface area contributed by atoms with Gasteiger partial charge >= 0.3 is 0 Å². The second-order valence-corrected chi connectivity index (χ2v) is 7.12. The summed E-state index contributed by atoms with van der Waals surface area (Å²) >= 11 is 2.92. The molecule has 0 radical (unpaired) electrons.